The van der Waals surface area contributed by atoms with Crippen molar-refractivity contribution in [3.05, 3.63) is 59.7 Å². The molecular weight excluding hydrogens is 454 g/mol. The first-order chi connectivity index (χ1) is 14.0. The van der Waals surface area contributed by atoms with Gasteiger partial charge in [-0.1, -0.05) is 19.1 Å². The third-order valence-electron chi connectivity index (χ3n) is 5.93. The molecule has 2 heterocycles. The zero-order valence-corrected chi connectivity index (χ0v) is 18.6. The average Bonchev–Trinajstić information content (AvgIpc) is 2.87. The molecular formula is C23H27BrF2N2O2. The number of amidine groups is 1. The maximum Gasteiger partial charge on any atom is 0.387 e. The fourth-order valence-electron chi connectivity index (χ4n) is 4.37. The molecule has 0 aromatic heterocycles. The summed E-state index contributed by atoms with van der Waals surface area (Å²) in [6.45, 7) is 0.447. The maximum absolute atomic E-state index is 12.5. The van der Waals surface area contributed by atoms with Gasteiger partial charge in [-0.3, -0.25) is 0 Å². The Balaban J connectivity index is 0.00000256. The van der Waals surface area contributed by atoms with E-state index >= 15 is 0 Å². The van der Waals surface area contributed by atoms with E-state index < -0.39 is 12.3 Å². The topological polar surface area (TPSA) is 35.7 Å². The molecule has 4 rings (SSSR count). The molecule has 2 aliphatic rings. The SMILES string of the molecule is CCc1ccc(N2CC(O)(c3ccc(OC(F)F)cc3)[N+]3=C2CCCCC3)cc1.[Br-]. The Morgan fingerprint density at radius 3 is 2.40 bits per heavy atom. The lowest BCUT2D eigenvalue weighted by Crippen LogP contribution is -3.00. The second-order valence-corrected chi connectivity index (χ2v) is 7.70. The minimum absolute atomic E-state index is 0. The van der Waals surface area contributed by atoms with Gasteiger partial charge in [-0.15, -0.1) is 0 Å². The van der Waals surface area contributed by atoms with Crippen LogP contribution in [0.3, 0.4) is 0 Å². The molecule has 0 saturated carbocycles. The minimum Gasteiger partial charge on any atom is -1.00 e. The number of benzene rings is 2. The van der Waals surface area contributed by atoms with E-state index in [4.69, 9.17) is 0 Å². The average molecular weight is 481 g/mol. The third kappa shape index (κ3) is 4.37. The van der Waals surface area contributed by atoms with Crippen LogP contribution >= 0.6 is 0 Å². The largest absolute Gasteiger partial charge is 1.00 e. The first kappa shape index (κ1) is 22.7. The predicted molar refractivity (Wildman–Crippen MR) is 109 cm³/mol. The van der Waals surface area contributed by atoms with E-state index in [9.17, 15) is 13.9 Å². The van der Waals surface area contributed by atoms with Crippen molar-refractivity contribution in [3.8, 4) is 5.75 Å². The fourth-order valence-corrected chi connectivity index (χ4v) is 4.37. The Labute approximate surface area is 186 Å². The predicted octanol–water partition coefficient (Wildman–Crippen LogP) is 1.50. The van der Waals surface area contributed by atoms with Crippen LogP contribution in [0.4, 0.5) is 14.5 Å². The van der Waals surface area contributed by atoms with E-state index in [0.717, 1.165) is 50.2 Å². The van der Waals surface area contributed by atoms with Crippen molar-refractivity contribution in [2.24, 2.45) is 0 Å². The molecule has 1 N–H and O–H groups in total. The summed E-state index contributed by atoms with van der Waals surface area (Å²) >= 11 is 0. The number of aliphatic hydroxyl groups is 1. The molecule has 0 spiro atoms. The fraction of sp³-hybridized carbons (Fsp3) is 0.435. The first-order valence-electron chi connectivity index (χ1n) is 10.3. The zero-order chi connectivity index (χ0) is 20.4. The number of aryl methyl sites for hydroxylation is 1. The summed E-state index contributed by atoms with van der Waals surface area (Å²) in [6.07, 6.45) is 5.12. The van der Waals surface area contributed by atoms with Crippen LogP contribution < -0.4 is 26.6 Å². The van der Waals surface area contributed by atoms with Gasteiger partial charge < -0.3 is 26.8 Å². The van der Waals surface area contributed by atoms with Crippen LogP contribution in [0, 0.1) is 0 Å². The molecule has 0 radical (unpaired) electrons. The van der Waals surface area contributed by atoms with Crippen molar-refractivity contribution in [2.45, 2.75) is 51.4 Å². The highest BCUT2D eigenvalue weighted by Crippen LogP contribution is 2.36. The third-order valence-corrected chi connectivity index (χ3v) is 5.93. The van der Waals surface area contributed by atoms with Crippen molar-refractivity contribution in [1.82, 2.24) is 0 Å². The van der Waals surface area contributed by atoms with E-state index in [2.05, 4.69) is 45.4 Å². The molecule has 0 aliphatic carbocycles. The van der Waals surface area contributed by atoms with Crippen molar-refractivity contribution in [1.29, 1.82) is 0 Å². The zero-order valence-electron chi connectivity index (χ0n) is 17.0. The number of hydrogen-bond acceptors (Lipinski definition) is 3. The van der Waals surface area contributed by atoms with Crippen LogP contribution in [0.1, 0.15) is 43.7 Å². The van der Waals surface area contributed by atoms with E-state index in [1.54, 1.807) is 12.1 Å². The summed E-state index contributed by atoms with van der Waals surface area (Å²) in [7, 11) is 0. The second-order valence-electron chi connectivity index (χ2n) is 7.70. The van der Waals surface area contributed by atoms with Gasteiger partial charge in [0.2, 0.25) is 0 Å². The van der Waals surface area contributed by atoms with Crippen LogP contribution in [-0.4, -0.2) is 35.2 Å². The van der Waals surface area contributed by atoms with Gasteiger partial charge in [0.1, 0.15) is 11.4 Å². The Hall–Kier alpha value is -1.99. The lowest BCUT2D eigenvalue weighted by molar-refractivity contribution is -0.658. The number of ether oxygens (including phenoxy) is 1. The molecule has 1 unspecified atom stereocenters. The highest BCUT2D eigenvalue weighted by Gasteiger charge is 2.51. The van der Waals surface area contributed by atoms with Gasteiger partial charge in [0.25, 0.3) is 11.6 Å². The summed E-state index contributed by atoms with van der Waals surface area (Å²) in [5, 5.41) is 11.8. The minimum atomic E-state index is -2.86. The van der Waals surface area contributed by atoms with Crippen LogP contribution in [0.15, 0.2) is 48.5 Å². The lowest BCUT2D eigenvalue weighted by Gasteiger charge is -2.23. The quantitative estimate of drug-likeness (QED) is 0.658. The molecule has 0 amide bonds. The Morgan fingerprint density at radius 2 is 1.77 bits per heavy atom. The summed E-state index contributed by atoms with van der Waals surface area (Å²) in [5.41, 5.74) is 1.83. The number of nitrogens with zero attached hydrogens (tertiary/aromatic N) is 2. The van der Waals surface area contributed by atoms with Gasteiger partial charge in [-0.25, -0.2) is 9.48 Å². The standard InChI is InChI=1S/C23H27F2N2O2.BrH/c1-2-17-7-11-19(12-8-17)26-16-23(28,27-15-5-3-4-6-21(26)27)18-9-13-20(14-10-18)29-22(24)25;/h7-14,22,28H,2-6,15-16H2,1H3;1H/q+1;/p-1. The Bertz CT molecular complexity index is 887. The van der Waals surface area contributed by atoms with Gasteiger partial charge in [0.15, 0.2) is 6.54 Å². The summed E-state index contributed by atoms with van der Waals surface area (Å²) in [5.74, 6) is 1.22. The molecule has 1 atom stereocenters. The molecule has 2 aromatic carbocycles. The summed E-state index contributed by atoms with van der Waals surface area (Å²) in [4.78, 5) is 2.20. The summed E-state index contributed by atoms with van der Waals surface area (Å²) < 4.78 is 31.5. The van der Waals surface area contributed by atoms with Gasteiger partial charge in [0, 0.05) is 12.0 Å². The number of alkyl halides is 2. The van der Waals surface area contributed by atoms with Crippen molar-refractivity contribution >= 4 is 11.5 Å². The van der Waals surface area contributed by atoms with Crippen LogP contribution in [0.2, 0.25) is 0 Å². The molecule has 2 aliphatic heterocycles. The molecule has 0 saturated heterocycles. The van der Waals surface area contributed by atoms with Gasteiger partial charge in [0.05, 0.1) is 6.54 Å². The molecule has 162 valence electrons. The van der Waals surface area contributed by atoms with Gasteiger partial charge in [-0.2, -0.15) is 8.78 Å². The monoisotopic (exact) mass is 480 g/mol. The van der Waals surface area contributed by atoms with E-state index in [0.29, 0.717) is 12.1 Å². The highest BCUT2D eigenvalue weighted by atomic mass is 79.9. The maximum atomic E-state index is 12.5. The van der Waals surface area contributed by atoms with Gasteiger partial charge in [-0.05, 0) is 67.6 Å². The van der Waals surface area contributed by atoms with E-state index in [1.165, 1.54) is 17.7 Å². The smallest absolute Gasteiger partial charge is 0.387 e. The number of hydrogen-bond donors (Lipinski definition) is 1. The van der Waals surface area contributed by atoms with Crippen LogP contribution in [0.5, 0.6) is 5.75 Å². The van der Waals surface area contributed by atoms with E-state index in [-0.39, 0.29) is 22.7 Å². The van der Waals surface area contributed by atoms with E-state index in [1.807, 2.05) is 0 Å². The molecule has 0 bridgehead atoms. The molecule has 4 nitrogen and oxygen atoms in total. The van der Waals surface area contributed by atoms with Gasteiger partial charge >= 0.3 is 6.61 Å². The van der Waals surface area contributed by atoms with Crippen molar-refractivity contribution in [3.63, 3.8) is 0 Å². The number of β-amino-alcohol motifs (C(OH)–C–C–N with tert-alkyl or cyclic N) is 1. The Kier molecular flexibility index (Phi) is 7.14. The number of anilines is 1. The second kappa shape index (κ2) is 9.43. The first-order valence-corrected chi connectivity index (χ1v) is 10.3. The highest BCUT2D eigenvalue weighted by molar-refractivity contribution is 5.95. The van der Waals surface area contributed by atoms with Crippen LogP contribution in [-0.2, 0) is 12.1 Å². The number of halogens is 3. The van der Waals surface area contributed by atoms with Crippen molar-refractivity contribution < 1.29 is 40.2 Å². The molecule has 2 aromatic rings. The summed E-state index contributed by atoms with van der Waals surface area (Å²) in [6, 6.07) is 14.8. The normalized spacial score (nSPS) is 21.3. The van der Waals surface area contributed by atoms with Crippen molar-refractivity contribution in [2.75, 3.05) is 18.0 Å². The Morgan fingerprint density at radius 1 is 1.07 bits per heavy atom. The van der Waals surface area contributed by atoms with Crippen LogP contribution in [0.25, 0.3) is 0 Å². The number of rotatable bonds is 5. The molecule has 0 fully saturated rings. The molecule has 7 heteroatoms. The molecule has 30 heavy (non-hydrogen) atoms. The lowest BCUT2D eigenvalue weighted by atomic mass is 10.0.